The third-order valence-electron chi connectivity index (χ3n) is 3.10. The maximum Gasteiger partial charge on any atom is 0.0490 e. The number of ether oxygens (including phenoxy) is 1. The van der Waals surface area contributed by atoms with Gasteiger partial charge in [0.1, 0.15) is 0 Å². The van der Waals surface area contributed by atoms with Crippen LogP contribution in [0.15, 0.2) is 0 Å². The maximum atomic E-state index is 5.17. The van der Waals surface area contributed by atoms with Crippen LogP contribution in [0.25, 0.3) is 0 Å². The van der Waals surface area contributed by atoms with Gasteiger partial charge in [0.25, 0.3) is 0 Å². The summed E-state index contributed by atoms with van der Waals surface area (Å²) in [5.74, 6) is 2.54. The average Bonchev–Trinajstić information content (AvgIpc) is 1.98. The van der Waals surface area contributed by atoms with E-state index in [2.05, 4.69) is 12.2 Å². The predicted molar refractivity (Wildman–Crippen MR) is 51.2 cm³/mol. The summed E-state index contributed by atoms with van der Waals surface area (Å²) >= 11 is 0. The normalized spacial score (nSPS) is 31.2. The molecule has 0 radical (unpaired) electrons. The second-order valence-corrected chi connectivity index (χ2v) is 3.99. The molecule has 0 heterocycles. The van der Waals surface area contributed by atoms with Crippen LogP contribution in [-0.2, 0) is 4.74 Å². The zero-order valence-electron chi connectivity index (χ0n) is 8.47. The molecule has 72 valence electrons. The highest BCUT2D eigenvalue weighted by atomic mass is 16.5. The Morgan fingerprint density at radius 3 is 2.67 bits per heavy atom. The first-order chi connectivity index (χ1) is 5.79. The van der Waals surface area contributed by atoms with Crippen LogP contribution in [0, 0.1) is 17.8 Å². The Balaban J connectivity index is 2.22. The Bertz CT molecular complexity index is 119. The van der Waals surface area contributed by atoms with Gasteiger partial charge in [-0.15, -0.1) is 0 Å². The molecule has 12 heavy (non-hydrogen) atoms. The molecule has 2 nitrogen and oxygen atoms in total. The van der Waals surface area contributed by atoms with E-state index in [0.29, 0.717) is 0 Å². The van der Waals surface area contributed by atoms with Gasteiger partial charge in [-0.1, -0.05) is 6.92 Å². The molecule has 0 aliphatic heterocycles. The van der Waals surface area contributed by atoms with Crippen molar-refractivity contribution in [2.24, 2.45) is 17.8 Å². The van der Waals surface area contributed by atoms with Crippen LogP contribution in [0.4, 0.5) is 0 Å². The van der Waals surface area contributed by atoms with Crippen molar-refractivity contribution in [3.8, 4) is 0 Å². The quantitative estimate of drug-likeness (QED) is 0.677. The van der Waals surface area contributed by atoms with Gasteiger partial charge in [0, 0.05) is 13.7 Å². The molecule has 2 heteroatoms. The number of hydrogen-bond donors (Lipinski definition) is 1. The average molecular weight is 171 g/mol. The zero-order valence-corrected chi connectivity index (χ0v) is 8.47. The van der Waals surface area contributed by atoms with Crippen molar-refractivity contribution in [1.82, 2.24) is 5.32 Å². The summed E-state index contributed by atoms with van der Waals surface area (Å²) < 4.78 is 5.17. The lowest BCUT2D eigenvalue weighted by Gasteiger charge is -2.40. The Morgan fingerprint density at radius 2 is 2.25 bits per heavy atom. The molecule has 1 fully saturated rings. The summed E-state index contributed by atoms with van der Waals surface area (Å²) in [6.45, 7) is 4.40. The molecule has 0 aromatic carbocycles. The molecule has 3 unspecified atom stereocenters. The van der Waals surface area contributed by atoms with Crippen molar-refractivity contribution in [2.45, 2.75) is 19.8 Å². The third kappa shape index (κ3) is 2.20. The van der Waals surface area contributed by atoms with Gasteiger partial charge < -0.3 is 10.1 Å². The topological polar surface area (TPSA) is 21.3 Å². The lowest BCUT2D eigenvalue weighted by molar-refractivity contribution is 0.0527. The van der Waals surface area contributed by atoms with Crippen LogP contribution in [-0.4, -0.2) is 27.3 Å². The lowest BCUT2D eigenvalue weighted by atomic mass is 9.67. The third-order valence-corrected chi connectivity index (χ3v) is 3.10. The monoisotopic (exact) mass is 171 g/mol. The highest BCUT2D eigenvalue weighted by Crippen LogP contribution is 2.39. The van der Waals surface area contributed by atoms with E-state index in [1.54, 1.807) is 7.11 Å². The molecular weight excluding hydrogens is 150 g/mol. The van der Waals surface area contributed by atoms with E-state index < -0.39 is 0 Å². The number of hydrogen-bond acceptors (Lipinski definition) is 2. The molecule has 1 N–H and O–H groups in total. The minimum Gasteiger partial charge on any atom is -0.384 e. The van der Waals surface area contributed by atoms with Crippen LogP contribution in [0.3, 0.4) is 0 Å². The van der Waals surface area contributed by atoms with E-state index in [-0.39, 0.29) is 0 Å². The van der Waals surface area contributed by atoms with Crippen molar-refractivity contribution in [1.29, 1.82) is 0 Å². The molecule has 1 aliphatic rings. The molecule has 0 amide bonds. The molecule has 0 aromatic heterocycles. The van der Waals surface area contributed by atoms with Gasteiger partial charge >= 0.3 is 0 Å². The standard InChI is InChI=1S/C10H21NO/c1-8(7-12-3)10-5-4-9(10)6-11-2/h8-11H,4-7H2,1-3H3. The van der Waals surface area contributed by atoms with Gasteiger partial charge in [0.2, 0.25) is 0 Å². The second kappa shape index (κ2) is 4.83. The SMILES string of the molecule is CNCC1CCC1C(C)COC. The van der Waals surface area contributed by atoms with E-state index in [1.165, 1.54) is 19.4 Å². The fourth-order valence-electron chi connectivity index (χ4n) is 2.25. The first-order valence-corrected chi connectivity index (χ1v) is 4.93. The Kier molecular flexibility index (Phi) is 4.02. The van der Waals surface area contributed by atoms with E-state index >= 15 is 0 Å². The summed E-state index contributed by atoms with van der Waals surface area (Å²) in [6.07, 6.45) is 2.80. The van der Waals surface area contributed by atoms with Crippen molar-refractivity contribution in [3.63, 3.8) is 0 Å². The molecule has 1 rings (SSSR count). The molecule has 1 saturated carbocycles. The lowest BCUT2D eigenvalue weighted by Crippen LogP contribution is -2.38. The van der Waals surface area contributed by atoms with Crippen LogP contribution in [0.1, 0.15) is 19.8 Å². The molecule has 1 aliphatic carbocycles. The number of rotatable bonds is 5. The van der Waals surface area contributed by atoms with Gasteiger partial charge in [-0.25, -0.2) is 0 Å². The Morgan fingerprint density at radius 1 is 1.50 bits per heavy atom. The number of methoxy groups -OCH3 is 1. The largest absolute Gasteiger partial charge is 0.384 e. The van der Waals surface area contributed by atoms with Crippen LogP contribution in [0.5, 0.6) is 0 Å². The minimum atomic E-state index is 0.738. The zero-order chi connectivity index (χ0) is 8.97. The highest BCUT2D eigenvalue weighted by molar-refractivity contribution is 4.85. The van der Waals surface area contributed by atoms with Gasteiger partial charge in [0.05, 0.1) is 0 Å². The summed E-state index contributed by atoms with van der Waals surface area (Å²) in [6, 6.07) is 0. The van der Waals surface area contributed by atoms with Crippen LogP contribution >= 0.6 is 0 Å². The molecule has 0 spiro atoms. The number of nitrogens with one attached hydrogen (secondary N) is 1. The molecule has 0 aromatic rings. The molecule has 0 bridgehead atoms. The van der Waals surface area contributed by atoms with E-state index in [4.69, 9.17) is 4.74 Å². The minimum absolute atomic E-state index is 0.738. The van der Waals surface area contributed by atoms with Crippen molar-refractivity contribution in [2.75, 3.05) is 27.3 Å². The second-order valence-electron chi connectivity index (χ2n) is 3.99. The summed E-state index contributed by atoms with van der Waals surface area (Å²) in [7, 11) is 3.83. The van der Waals surface area contributed by atoms with Crippen molar-refractivity contribution in [3.05, 3.63) is 0 Å². The summed E-state index contributed by atoms with van der Waals surface area (Å²) in [5.41, 5.74) is 0. The van der Waals surface area contributed by atoms with Gasteiger partial charge in [-0.05, 0) is 44.2 Å². The molecular formula is C10H21NO. The van der Waals surface area contributed by atoms with Gasteiger partial charge in [0.15, 0.2) is 0 Å². The first kappa shape index (κ1) is 10.0. The van der Waals surface area contributed by atoms with E-state index in [0.717, 1.165) is 24.4 Å². The maximum absolute atomic E-state index is 5.17. The molecule has 3 atom stereocenters. The molecule has 0 saturated heterocycles. The Labute approximate surface area is 75.7 Å². The fraction of sp³-hybridized carbons (Fsp3) is 1.00. The smallest absolute Gasteiger partial charge is 0.0490 e. The first-order valence-electron chi connectivity index (χ1n) is 4.93. The summed E-state index contributed by atoms with van der Waals surface area (Å²) in [5, 5.41) is 3.26. The highest BCUT2D eigenvalue weighted by Gasteiger charge is 2.33. The van der Waals surface area contributed by atoms with Gasteiger partial charge in [-0.3, -0.25) is 0 Å². The van der Waals surface area contributed by atoms with Crippen molar-refractivity contribution >= 4 is 0 Å². The van der Waals surface area contributed by atoms with Crippen LogP contribution < -0.4 is 5.32 Å². The fourth-order valence-corrected chi connectivity index (χ4v) is 2.25. The van der Waals surface area contributed by atoms with Crippen LogP contribution in [0.2, 0.25) is 0 Å². The van der Waals surface area contributed by atoms with E-state index in [9.17, 15) is 0 Å². The van der Waals surface area contributed by atoms with Crippen molar-refractivity contribution < 1.29 is 4.74 Å². The van der Waals surface area contributed by atoms with E-state index in [1.807, 2.05) is 7.05 Å². The Hall–Kier alpha value is -0.0800. The predicted octanol–water partition coefficient (Wildman–Crippen LogP) is 1.51. The van der Waals surface area contributed by atoms with Gasteiger partial charge in [-0.2, -0.15) is 0 Å². The summed E-state index contributed by atoms with van der Waals surface area (Å²) in [4.78, 5) is 0.